The predicted octanol–water partition coefficient (Wildman–Crippen LogP) is 3.48. The van der Waals surface area contributed by atoms with Crippen LogP contribution < -0.4 is 11.1 Å². The molecule has 0 saturated carbocycles. The van der Waals surface area contributed by atoms with Crippen molar-refractivity contribution in [2.45, 2.75) is 32.0 Å². The van der Waals surface area contributed by atoms with Crippen molar-refractivity contribution in [3.8, 4) is 11.1 Å². The lowest BCUT2D eigenvalue weighted by Crippen LogP contribution is -2.49. The lowest BCUT2D eigenvalue weighted by Gasteiger charge is -2.40. The number of benzene rings is 1. The number of fused-ring (bicyclic) bond motifs is 1. The van der Waals surface area contributed by atoms with Gasteiger partial charge in [0.2, 0.25) is 0 Å². The number of hydrogen-bond donors (Lipinski definition) is 4. The van der Waals surface area contributed by atoms with Crippen LogP contribution in [0.4, 0.5) is 9.18 Å². The van der Waals surface area contributed by atoms with E-state index in [-0.39, 0.29) is 40.8 Å². The second kappa shape index (κ2) is 8.34. The van der Waals surface area contributed by atoms with E-state index in [0.717, 1.165) is 0 Å². The number of nitrogens with zero attached hydrogens (tertiary/aromatic N) is 2. The number of nitrogens with one attached hydrogen (secondary N) is 1. The third-order valence-electron chi connectivity index (χ3n) is 5.80. The normalized spacial score (nSPS) is 19.5. The van der Waals surface area contributed by atoms with Crippen molar-refractivity contribution in [1.29, 1.82) is 0 Å². The van der Waals surface area contributed by atoms with Gasteiger partial charge in [-0.25, -0.2) is 9.18 Å². The highest BCUT2D eigenvalue weighted by Gasteiger charge is 2.33. The number of urea groups is 1. The summed E-state index contributed by atoms with van der Waals surface area (Å²) in [5, 5.41) is 3.22. The minimum Gasteiger partial charge on any atom is -0.366 e. The fraction of sp³-hybridized carbons (Fsp3) is 0.400. The number of primary amides is 1. The number of halogens is 2. The fourth-order valence-electron chi connectivity index (χ4n) is 4.18. The monoisotopic (exact) mass is 470 g/mol. The minimum absolute atomic E-state index is 0.126. The minimum atomic E-state index is -2.52. The second-order valence-electron chi connectivity index (χ2n) is 7.87. The summed E-state index contributed by atoms with van der Waals surface area (Å²) in [4.78, 5) is 26.7. The lowest BCUT2D eigenvalue weighted by atomic mass is 10.0. The quantitative estimate of drug-likeness (QED) is 0.548. The third kappa shape index (κ3) is 4.38. The van der Waals surface area contributed by atoms with Crippen LogP contribution in [0.3, 0.4) is 0 Å². The molecule has 0 radical (unpaired) electrons. The molecule has 0 atom stereocenters. The Morgan fingerprint density at radius 2 is 1.94 bits per heavy atom. The van der Waals surface area contributed by atoms with E-state index in [2.05, 4.69) is 5.32 Å². The molecule has 0 spiro atoms. The maximum atomic E-state index is 13.8. The summed E-state index contributed by atoms with van der Waals surface area (Å²) in [7, 11) is -2.52. The molecule has 0 unspecified atom stereocenters. The van der Waals surface area contributed by atoms with Crippen LogP contribution in [0.15, 0.2) is 24.3 Å². The van der Waals surface area contributed by atoms with E-state index in [4.69, 9.17) is 17.3 Å². The van der Waals surface area contributed by atoms with Gasteiger partial charge < -0.3 is 20.5 Å². The number of rotatable bonds is 3. The standard InChI is InChI=1S/C20H24ClFN4O4S/c21-18-16(12-2-1-3-13(22)10-12)17(19(23)27)15-11-25(6-7-26(15)18)20(28)24-14-4-8-31(29,30)9-5-14/h1-3,10,14,29-30H,4-9,11H2,(H2,23,27)(H,24,28). The van der Waals surface area contributed by atoms with Crippen molar-refractivity contribution >= 4 is 34.1 Å². The Kier molecular flexibility index (Phi) is 5.91. The summed E-state index contributed by atoms with van der Waals surface area (Å²) >= 11 is 6.56. The molecular formula is C20H24ClFN4O4S. The van der Waals surface area contributed by atoms with Gasteiger partial charge in [-0.3, -0.25) is 13.9 Å². The van der Waals surface area contributed by atoms with Gasteiger partial charge in [0.15, 0.2) is 0 Å². The molecule has 2 aliphatic rings. The molecule has 1 fully saturated rings. The smallest absolute Gasteiger partial charge is 0.318 e. The van der Waals surface area contributed by atoms with Gasteiger partial charge in [0, 0.05) is 36.2 Å². The number of carbonyl (C=O) groups is 2. The van der Waals surface area contributed by atoms with E-state index in [1.54, 1.807) is 15.5 Å². The van der Waals surface area contributed by atoms with E-state index >= 15 is 0 Å². The average Bonchev–Trinajstić information content (AvgIpc) is 3.01. The molecule has 1 aromatic heterocycles. The molecule has 3 heterocycles. The zero-order valence-electron chi connectivity index (χ0n) is 16.7. The van der Waals surface area contributed by atoms with Crippen molar-refractivity contribution in [3.63, 3.8) is 0 Å². The van der Waals surface area contributed by atoms with E-state index in [1.807, 2.05) is 0 Å². The van der Waals surface area contributed by atoms with Crippen LogP contribution in [0, 0.1) is 5.82 Å². The van der Waals surface area contributed by atoms with Crippen LogP contribution in [-0.2, 0) is 13.1 Å². The Hall–Kier alpha value is -2.27. The average molecular weight is 471 g/mol. The molecule has 2 aliphatic heterocycles. The molecule has 0 aliphatic carbocycles. The fourth-order valence-corrected chi connectivity index (χ4v) is 6.10. The largest absolute Gasteiger partial charge is 0.366 e. The number of hydrogen-bond acceptors (Lipinski definition) is 4. The first-order valence-corrected chi connectivity index (χ1v) is 12.2. The summed E-state index contributed by atoms with van der Waals surface area (Å²) < 4.78 is 35.0. The third-order valence-corrected chi connectivity index (χ3v) is 7.97. The Bertz CT molecular complexity index is 1030. The molecule has 4 rings (SSSR count). The van der Waals surface area contributed by atoms with Crippen LogP contribution in [0.25, 0.3) is 11.1 Å². The zero-order chi connectivity index (χ0) is 22.3. The molecule has 1 saturated heterocycles. The van der Waals surface area contributed by atoms with Crippen molar-refractivity contribution < 1.29 is 23.1 Å². The first kappa shape index (κ1) is 21.9. The van der Waals surface area contributed by atoms with Crippen molar-refractivity contribution in [3.05, 3.63) is 46.5 Å². The van der Waals surface area contributed by atoms with E-state index in [1.165, 1.54) is 18.2 Å². The molecule has 31 heavy (non-hydrogen) atoms. The molecule has 168 valence electrons. The molecule has 2 aromatic rings. The second-order valence-corrected chi connectivity index (χ2v) is 10.6. The van der Waals surface area contributed by atoms with Gasteiger partial charge in [-0.1, -0.05) is 23.7 Å². The Morgan fingerprint density at radius 3 is 2.58 bits per heavy atom. The van der Waals surface area contributed by atoms with Crippen LogP contribution in [0.5, 0.6) is 0 Å². The van der Waals surface area contributed by atoms with Gasteiger partial charge in [-0.15, -0.1) is 0 Å². The summed E-state index contributed by atoms with van der Waals surface area (Å²) in [5.74, 6) is -0.605. The Balaban J connectivity index is 1.58. The SMILES string of the molecule is NC(=O)c1c(-c2cccc(F)c2)c(Cl)n2c1CN(C(=O)NC1CCS(O)(O)CC1)CC2. The summed E-state index contributed by atoms with van der Waals surface area (Å²) in [6.45, 7) is 0.860. The Labute approximate surface area is 185 Å². The van der Waals surface area contributed by atoms with Gasteiger partial charge in [0.1, 0.15) is 11.0 Å². The highest BCUT2D eigenvalue weighted by atomic mass is 35.5. The van der Waals surface area contributed by atoms with Gasteiger partial charge in [0.05, 0.1) is 17.8 Å². The van der Waals surface area contributed by atoms with Crippen LogP contribution >= 0.6 is 22.2 Å². The summed E-state index contributed by atoms with van der Waals surface area (Å²) in [6, 6.07) is 5.34. The van der Waals surface area contributed by atoms with Crippen molar-refractivity contribution in [2.24, 2.45) is 5.73 Å². The van der Waals surface area contributed by atoms with Gasteiger partial charge in [-0.2, -0.15) is 10.6 Å². The van der Waals surface area contributed by atoms with E-state index in [0.29, 0.717) is 42.8 Å². The summed E-state index contributed by atoms with van der Waals surface area (Å²) in [5.41, 5.74) is 7.15. The number of amides is 3. The first-order chi connectivity index (χ1) is 14.7. The molecule has 3 amide bonds. The number of aromatic nitrogens is 1. The maximum Gasteiger partial charge on any atom is 0.318 e. The molecule has 8 nitrogen and oxygen atoms in total. The topological polar surface area (TPSA) is 121 Å². The van der Waals surface area contributed by atoms with Gasteiger partial charge >= 0.3 is 6.03 Å². The maximum absolute atomic E-state index is 13.8. The molecule has 11 heteroatoms. The molecular weight excluding hydrogens is 447 g/mol. The van der Waals surface area contributed by atoms with Crippen molar-refractivity contribution in [2.75, 3.05) is 18.1 Å². The van der Waals surface area contributed by atoms with Gasteiger partial charge in [0.25, 0.3) is 5.91 Å². The number of carbonyl (C=O) groups excluding carboxylic acids is 2. The van der Waals surface area contributed by atoms with E-state index < -0.39 is 22.3 Å². The highest BCUT2D eigenvalue weighted by Crippen LogP contribution is 2.44. The van der Waals surface area contributed by atoms with Crippen LogP contribution in [-0.4, -0.2) is 54.6 Å². The number of nitrogens with two attached hydrogens (primary N) is 1. The first-order valence-electron chi connectivity index (χ1n) is 9.92. The van der Waals surface area contributed by atoms with Crippen molar-refractivity contribution in [1.82, 2.24) is 14.8 Å². The molecule has 0 bridgehead atoms. The highest BCUT2D eigenvalue weighted by molar-refractivity contribution is 8.24. The molecule has 1 aromatic carbocycles. The summed E-state index contributed by atoms with van der Waals surface area (Å²) in [6.07, 6.45) is 1.00. The zero-order valence-corrected chi connectivity index (χ0v) is 18.3. The van der Waals surface area contributed by atoms with E-state index in [9.17, 15) is 23.1 Å². The lowest BCUT2D eigenvalue weighted by molar-refractivity contribution is 0.0997. The van der Waals surface area contributed by atoms with Gasteiger partial charge in [-0.05, 0) is 30.5 Å². The Morgan fingerprint density at radius 1 is 1.23 bits per heavy atom. The van der Waals surface area contributed by atoms with Crippen LogP contribution in [0.1, 0.15) is 28.9 Å². The predicted molar refractivity (Wildman–Crippen MR) is 118 cm³/mol. The van der Waals surface area contributed by atoms with Crippen LogP contribution in [0.2, 0.25) is 5.15 Å². The molecule has 5 N–H and O–H groups in total.